The summed E-state index contributed by atoms with van der Waals surface area (Å²) >= 11 is 4.51. The summed E-state index contributed by atoms with van der Waals surface area (Å²) in [5.41, 5.74) is 7.78. The van der Waals surface area contributed by atoms with Gasteiger partial charge < -0.3 is 23.4 Å². The molecule has 2 aliphatic rings. The Morgan fingerprint density at radius 1 is 0.971 bits per heavy atom. The molecular weight excluding hydrogens is 487 g/mol. The van der Waals surface area contributed by atoms with Crippen LogP contribution in [0.15, 0.2) is 11.4 Å². The van der Waals surface area contributed by atoms with Crippen molar-refractivity contribution in [3.63, 3.8) is 0 Å². The molecular formula is C22H39N5O4SSi2. The van der Waals surface area contributed by atoms with Gasteiger partial charge in [0.05, 0.1) is 18.1 Å². The molecule has 0 amide bonds. The Morgan fingerprint density at radius 2 is 1.59 bits per heavy atom. The van der Waals surface area contributed by atoms with Crippen LogP contribution in [-0.4, -0.2) is 55.7 Å². The maximum absolute atomic E-state index is 7.26. The Morgan fingerprint density at radius 3 is 2.18 bits per heavy atom. The van der Waals surface area contributed by atoms with Crippen LogP contribution in [0.3, 0.4) is 0 Å². The molecule has 0 spiro atoms. The van der Waals surface area contributed by atoms with Crippen molar-refractivity contribution in [1.29, 1.82) is 0 Å². The molecule has 2 aliphatic heterocycles. The van der Waals surface area contributed by atoms with Crippen molar-refractivity contribution in [2.24, 2.45) is 0 Å². The Hall–Kier alpha value is -1.03. The molecule has 9 nitrogen and oxygen atoms in total. The number of rotatable bonds is 5. The molecule has 34 heavy (non-hydrogen) atoms. The van der Waals surface area contributed by atoms with Crippen molar-refractivity contribution in [2.45, 2.75) is 107 Å². The average Bonchev–Trinajstić information content (AvgIpc) is 3.28. The summed E-state index contributed by atoms with van der Waals surface area (Å²) in [7, 11) is -5.29. The smallest absolute Gasteiger partial charge is 0.335 e. The lowest BCUT2D eigenvalue weighted by Gasteiger charge is -2.51. The Bertz CT molecular complexity index is 1020. The zero-order valence-electron chi connectivity index (χ0n) is 21.5. The van der Waals surface area contributed by atoms with E-state index in [-0.39, 0.29) is 40.6 Å². The maximum atomic E-state index is 7.26. The molecule has 0 unspecified atom stereocenters. The van der Waals surface area contributed by atoms with E-state index >= 15 is 0 Å². The lowest BCUT2D eigenvalue weighted by molar-refractivity contribution is -0.0577. The number of fused-ring (bicyclic) bond motifs is 2. The maximum Gasteiger partial charge on any atom is 0.335 e. The van der Waals surface area contributed by atoms with Gasteiger partial charge in [0.15, 0.2) is 11.9 Å². The number of aromatic nitrogens is 4. The fourth-order valence-corrected chi connectivity index (χ4v) is 17.0. The van der Waals surface area contributed by atoms with E-state index in [9.17, 15) is 0 Å². The SMILES string of the molecule is CC(C)[Si]1(C(C)C)OC[C@@H]2O[C@@H](n3nc(S)c4c(N)ncnc43)C[C@@H]2O[Si](C(C)C)(C(C)C)O1. The summed E-state index contributed by atoms with van der Waals surface area (Å²) in [6, 6.07) is 0. The first-order chi connectivity index (χ1) is 15.9. The Labute approximate surface area is 210 Å². The second kappa shape index (κ2) is 9.45. The Kier molecular flexibility index (Phi) is 7.24. The van der Waals surface area contributed by atoms with Crippen LogP contribution in [0.1, 0.15) is 68.0 Å². The molecule has 0 radical (unpaired) electrons. The van der Waals surface area contributed by atoms with Crippen LogP contribution in [0.4, 0.5) is 5.82 Å². The summed E-state index contributed by atoms with van der Waals surface area (Å²) in [6.45, 7) is 18.2. The number of nitrogen functional groups attached to an aromatic ring is 1. The van der Waals surface area contributed by atoms with Crippen molar-refractivity contribution in [2.75, 3.05) is 12.3 Å². The van der Waals surface area contributed by atoms with Gasteiger partial charge in [0.1, 0.15) is 23.3 Å². The number of hydrogen-bond acceptors (Lipinski definition) is 9. The average molecular weight is 526 g/mol. The van der Waals surface area contributed by atoms with Gasteiger partial charge in [-0.1, -0.05) is 55.4 Å². The molecule has 2 N–H and O–H groups in total. The molecule has 4 heterocycles. The van der Waals surface area contributed by atoms with Crippen molar-refractivity contribution < 1.29 is 17.7 Å². The van der Waals surface area contributed by atoms with E-state index in [1.165, 1.54) is 6.33 Å². The quantitative estimate of drug-likeness (QED) is 0.417. The number of thiol groups is 1. The number of anilines is 1. The summed E-state index contributed by atoms with van der Waals surface area (Å²) in [5.74, 6) is 0.355. The van der Waals surface area contributed by atoms with Crippen LogP contribution in [0.2, 0.25) is 22.2 Å². The molecule has 4 rings (SSSR count). The largest absolute Gasteiger partial charge is 0.414 e. The van der Waals surface area contributed by atoms with E-state index in [1.54, 1.807) is 4.68 Å². The van der Waals surface area contributed by atoms with Gasteiger partial charge in [0.25, 0.3) is 0 Å². The molecule has 0 saturated carbocycles. The normalized spacial score (nSPS) is 27.0. The highest BCUT2D eigenvalue weighted by atomic mass is 32.1. The van der Waals surface area contributed by atoms with Crippen molar-refractivity contribution in [3.8, 4) is 0 Å². The monoisotopic (exact) mass is 525 g/mol. The second-order valence-corrected chi connectivity index (χ2v) is 20.0. The van der Waals surface area contributed by atoms with Crippen molar-refractivity contribution in [3.05, 3.63) is 6.33 Å². The first-order valence-corrected chi connectivity index (χ1v) is 16.7. The molecule has 0 aliphatic carbocycles. The van der Waals surface area contributed by atoms with Crippen LogP contribution in [0, 0.1) is 0 Å². The lowest BCUT2D eigenvalue weighted by Crippen LogP contribution is -2.65. The van der Waals surface area contributed by atoms with Crippen LogP contribution >= 0.6 is 12.6 Å². The van der Waals surface area contributed by atoms with Gasteiger partial charge in [-0.25, -0.2) is 14.6 Å². The van der Waals surface area contributed by atoms with Gasteiger partial charge in [-0.2, -0.15) is 5.10 Å². The third-order valence-electron chi connectivity index (χ3n) is 7.30. The van der Waals surface area contributed by atoms with E-state index < -0.39 is 17.1 Å². The molecule has 190 valence electrons. The minimum atomic E-state index is -2.69. The highest BCUT2D eigenvalue weighted by Gasteiger charge is 2.60. The van der Waals surface area contributed by atoms with Crippen LogP contribution < -0.4 is 5.73 Å². The molecule has 2 fully saturated rings. The van der Waals surface area contributed by atoms with Gasteiger partial charge in [-0.3, -0.25) is 0 Å². The zero-order valence-corrected chi connectivity index (χ0v) is 24.4. The number of ether oxygens (including phenoxy) is 1. The molecule has 0 aromatic carbocycles. The molecule has 12 heteroatoms. The van der Waals surface area contributed by atoms with Crippen LogP contribution in [0.25, 0.3) is 11.0 Å². The fraction of sp³-hybridized carbons (Fsp3) is 0.773. The molecule has 2 aromatic heterocycles. The van der Waals surface area contributed by atoms with Crippen LogP contribution in [0.5, 0.6) is 0 Å². The second-order valence-electron chi connectivity index (χ2n) is 10.7. The zero-order chi connectivity index (χ0) is 25.0. The molecule has 2 aromatic rings. The standard InChI is InChI=1S/C22H39N5O4SSi2/c1-12(2)33(13(3)4)28-10-17-16(30-34(31-33,14(5)6)15(7)8)9-18(29-17)27-21-19(22(32)26-27)20(23)24-11-25-21/h11-18H,9-10H2,1-8H3,(H,26,32)(H2,23,24,25)/t16-,17-,18+/m0/s1. The van der Waals surface area contributed by atoms with E-state index in [1.807, 2.05) is 0 Å². The van der Waals surface area contributed by atoms with Gasteiger partial charge in [-0.15, -0.1) is 12.6 Å². The first kappa shape index (κ1) is 26.0. The first-order valence-electron chi connectivity index (χ1n) is 12.3. The predicted molar refractivity (Wildman–Crippen MR) is 139 cm³/mol. The summed E-state index contributed by atoms with van der Waals surface area (Å²) in [4.78, 5) is 8.50. The number of nitrogens with zero attached hydrogens (tertiary/aromatic N) is 4. The van der Waals surface area contributed by atoms with Gasteiger partial charge >= 0.3 is 17.1 Å². The van der Waals surface area contributed by atoms with E-state index in [4.69, 9.17) is 23.4 Å². The third-order valence-corrected chi connectivity index (χ3v) is 17.9. The third kappa shape index (κ3) is 4.14. The van der Waals surface area contributed by atoms with Crippen molar-refractivity contribution in [1.82, 2.24) is 19.7 Å². The minimum Gasteiger partial charge on any atom is -0.414 e. The molecule has 0 bridgehead atoms. The Balaban J connectivity index is 1.74. The van der Waals surface area contributed by atoms with E-state index in [2.05, 4.69) is 83.1 Å². The summed E-state index contributed by atoms with van der Waals surface area (Å²) < 4.78 is 29.5. The highest BCUT2D eigenvalue weighted by molar-refractivity contribution is 7.80. The minimum absolute atomic E-state index is 0.158. The predicted octanol–water partition coefficient (Wildman–Crippen LogP) is 4.94. The number of hydrogen-bond donors (Lipinski definition) is 2. The van der Waals surface area contributed by atoms with Crippen molar-refractivity contribution >= 4 is 46.6 Å². The van der Waals surface area contributed by atoms with E-state index in [0.717, 1.165) is 0 Å². The van der Waals surface area contributed by atoms with Gasteiger partial charge in [0.2, 0.25) is 0 Å². The highest BCUT2D eigenvalue weighted by Crippen LogP contribution is 2.48. The summed E-state index contributed by atoms with van der Waals surface area (Å²) in [6.07, 6.45) is 1.32. The summed E-state index contributed by atoms with van der Waals surface area (Å²) in [5, 5.41) is 5.72. The molecule has 3 atom stereocenters. The fourth-order valence-electron chi connectivity index (χ4n) is 5.46. The van der Waals surface area contributed by atoms with Gasteiger partial charge in [-0.05, 0) is 22.2 Å². The van der Waals surface area contributed by atoms with Gasteiger partial charge in [0, 0.05) is 6.42 Å². The molecule has 2 saturated heterocycles. The van der Waals surface area contributed by atoms with Crippen LogP contribution in [-0.2, 0) is 17.7 Å². The lowest BCUT2D eigenvalue weighted by atomic mass is 10.2. The number of nitrogens with two attached hydrogens (primary N) is 1. The van der Waals surface area contributed by atoms with E-state index in [0.29, 0.717) is 34.9 Å². The topological polar surface area (TPSA) is 107 Å².